The van der Waals surface area contributed by atoms with Gasteiger partial charge < -0.3 is 10.4 Å². The summed E-state index contributed by atoms with van der Waals surface area (Å²) in [7, 11) is 0. The molecular weight excluding hydrogens is 276 g/mol. The lowest BCUT2D eigenvalue weighted by atomic mass is 9.91. The van der Waals surface area contributed by atoms with Crippen molar-refractivity contribution in [3.63, 3.8) is 0 Å². The molecule has 0 aromatic carbocycles. The third-order valence-corrected chi connectivity index (χ3v) is 4.19. The molecule has 3 rings (SSSR count). The minimum absolute atomic E-state index is 0.0968. The highest BCUT2D eigenvalue weighted by atomic mass is 16.3. The van der Waals surface area contributed by atoms with Crippen LogP contribution in [0.1, 0.15) is 41.1 Å². The van der Waals surface area contributed by atoms with Crippen LogP contribution in [0, 0.1) is 13.8 Å². The number of rotatable bonds is 5. The number of aromatic nitrogens is 3. The zero-order valence-corrected chi connectivity index (χ0v) is 13.4. The molecule has 1 aliphatic rings. The van der Waals surface area contributed by atoms with Gasteiger partial charge in [0, 0.05) is 24.0 Å². The standard InChI is InChI=1S/C17H24N4O/c1-12-9-14(15-5-3-4-6-16(15)19-12)11-18-17-10-13(2)20-21(17)7-8-22/h9-10,18,22H,3-8,11H2,1-2H3. The van der Waals surface area contributed by atoms with Crippen molar-refractivity contribution in [1.82, 2.24) is 14.8 Å². The lowest BCUT2D eigenvalue weighted by Gasteiger charge is -2.20. The van der Waals surface area contributed by atoms with Crippen molar-refractivity contribution in [3.05, 3.63) is 40.3 Å². The molecule has 0 fully saturated rings. The first-order valence-electron chi connectivity index (χ1n) is 8.05. The van der Waals surface area contributed by atoms with Crippen molar-refractivity contribution < 1.29 is 5.11 Å². The number of aryl methyl sites for hydroxylation is 3. The van der Waals surface area contributed by atoms with Crippen LogP contribution in [0.2, 0.25) is 0 Å². The Kier molecular flexibility index (Phi) is 4.43. The maximum absolute atomic E-state index is 9.14. The van der Waals surface area contributed by atoms with Gasteiger partial charge in [0.1, 0.15) is 5.82 Å². The van der Waals surface area contributed by atoms with Crippen molar-refractivity contribution in [2.24, 2.45) is 0 Å². The number of hydrogen-bond donors (Lipinski definition) is 2. The van der Waals surface area contributed by atoms with E-state index < -0.39 is 0 Å². The van der Waals surface area contributed by atoms with E-state index >= 15 is 0 Å². The molecule has 2 N–H and O–H groups in total. The van der Waals surface area contributed by atoms with Gasteiger partial charge >= 0.3 is 0 Å². The fourth-order valence-corrected chi connectivity index (χ4v) is 3.24. The number of nitrogens with one attached hydrogen (secondary N) is 1. The van der Waals surface area contributed by atoms with Crippen molar-refractivity contribution in [3.8, 4) is 0 Å². The summed E-state index contributed by atoms with van der Waals surface area (Å²) in [5, 5.41) is 17.0. The molecular formula is C17H24N4O. The summed E-state index contributed by atoms with van der Waals surface area (Å²) < 4.78 is 1.83. The maximum Gasteiger partial charge on any atom is 0.124 e. The number of nitrogens with zero attached hydrogens (tertiary/aromatic N) is 3. The van der Waals surface area contributed by atoms with Crippen LogP contribution in [0.3, 0.4) is 0 Å². The summed E-state index contributed by atoms with van der Waals surface area (Å²) in [5.74, 6) is 0.963. The van der Waals surface area contributed by atoms with Crippen molar-refractivity contribution in [2.75, 3.05) is 11.9 Å². The van der Waals surface area contributed by atoms with Crippen LogP contribution in [0.5, 0.6) is 0 Å². The Morgan fingerprint density at radius 2 is 2.00 bits per heavy atom. The van der Waals surface area contributed by atoms with Gasteiger partial charge in [0.25, 0.3) is 0 Å². The first-order valence-corrected chi connectivity index (χ1v) is 8.05. The van der Waals surface area contributed by atoms with E-state index in [-0.39, 0.29) is 6.61 Å². The van der Waals surface area contributed by atoms with Gasteiger partial charge in [-0.05, 0) is 56.7 Å². The summed E-state index contributed by atoms with van der Waals surface area (Å²) in [6.45, 7) is 5.43. The number of aliphatic hydroxyl groups excluding tert-OH is 1. The van der Waals surface area contributed by atoms with Crippen molar-refractivity contribution >= 4 is 5.82 Å². The van der Waals surface area contributed by atoms with E-state index in [1.807, 2.05) is 17.7 Å². The fourth-order valence-electron chi connectivity index (χ4n) is 3.24. The molecule has 0 radical (unpaired) electrons. The minimum Gasteiger partial charge on any atom is -0.394 e. The van der Waals surface area contributed by atoms with Gasteiger partial charge in [-0.15, -0.1) is 0 Å². The van der Waals surface area contributed by atoms with E-state index in [1.165, 1.54) is 29.7 Å². The van der Waals surface area contributed by atoms with E-state index in [4.69, 9.17) is 10.1 Å². The van der Waals surface area contributed by atoms with Crippen LogP contribution < -0.4 is 5.32 Å². The number of pyridine rings is 1. The van der Waals surface area contributed by atoms with Gasteiger partial charge in [0.2, 0.25) is 0 Å². The number of hydrogen-bond acceptors (Lipinski definition) is 4. The van der Waals surface area contributed by atoms with E-state index in [2.05, 4.69) is 23.4 Å². The van der Waals surface area contributed by atoms with Crippen LogP contribution in [0.15, 0.2) is 12.1 Å². The molecule has 22 heavy (non-hydrogen) atoms. The SMILES string of the molecule is Cc1cc(CNc2cc(C)nn2CCO)c2c(n1)CCCC2. The van der Waals surface area contributed by atoms with Crippen molar-refractivity contribution in [2.45, 2.75) is 52.6 Å². The number of fused-ring (bicyclic) bond motifs is 1. The van der Waals surface area contributed by atoms with Gasteiger partial charge in [-0.3, -0.25) is 4.98 Å². The highest BCUT2D eigenvalue weighted by Crippen LogP contribution is 2.24. The van der Waals surface area contributed by atoms with Gasteiger partial charge in [0.15, 0.2) is 0 Å². The predicted octanol–water partition coefficient (Wildman–Crippen LogP) is 2.38. The number of anilines is 1. The summed E-state index contributed by atoms with van der Waals surface area (Å²) in [6, 6.07) is 4.22. The van der Waals surface area contributed by atoms with E-state index in [9.17, 15) is 0 Å². The molecule has 5 heteroatoms. The topological polar surface area (TPSA) is 63.0 Å². The lowest BCUT2D eigenvalue weighted by molar-refractivity contribution is 0.270. The molecule has 0 spiro atoms. The smallest absolute Gasteiger partial charge is 0.124 e. The normalized spacial score (nSPS) is 14.0. The number of aliphatic hydroxyl groups is 1. The molecule has 0 bridgehead atoms. The molecule has 2 aromatic heterocycles. The van der Waals surface area contributed by atoms with E-state index in [1.54, 1.807) is 0 Å². The molecule has 0 saturated heterocycles. The molecule has 118 valence electrons. The third kappa shape index (κ3) is 3.14. The molecule has 0 unspecified atom stereocenters. The molecule has 0 aliphatic heterocycles. The van der Waals surface area contributed by atoms with E-state index in [0.717, 1.165) is 36.6 Å². The van der Waals surface area contributed by atoms with Crippen LogP contribution in [0.4, 0.5) is 5.82 Å². The van der Waals surface area contributed by atoms with Gasteiger partial charge in [-0.1, -0.05) is 0 Å². The fraction of sp³-hybridized carbons (Fsp3) is 0.529. The second kappa shape index (κ2) is 6.48. The van der Waals surface area contributed by atoms with Crippen LogP contribution >= 0.6 is 0 Å². The quantitative estimate of drug-likeness (QED) is 0.890. The Hall–Kier alpha value is -1.88. The van der Waals surface area contributed by atoms with Crippen LogP contribution in [-0.4, -0.2) is 26.5 Å². The first-order chi connectivity index (χ1) is 10.7. The third-order valence-electron chi connectivity index (χ3n) is 4.19. The Morgan fingerprint density at radius 1 is 1.18 bits per heavy atom. The van der Waals surface area contributed by atoms with Gasteiger partial charge in [-0.2, -0.15) is 5.10 Å². The summed E-state index contributed by atoms with van der Waals surface area (Å²) in [6.07, 6.45) is 4.74. The second-order valence-corrected chi connectivity index (χ2v) is 6.03. The van der Waals surface area contributed by atoms with E-state index in [0.29, 0.717) is 6.54 Å². The molecule has 0 saturated carbocycles. The largest absolute Gasteiger partial charge is 0.394 e. The summed E-state index contributed by atoms with van der Waals surface area (Å²) >= 11 is 0. The monoisotopic (exact) mass is 300 g/mol. The predicted molar refractivity (Wildman–Crippen MR) is 87.0 cm³/mol. The minimum atomic E-state index is 0.0968. The zero-order chi connectivity index (χ0) is 15.5. The summed E-state index contributed by atoms with van der Waals surface area (Å²) in [4.78, 5) is 4.70. The Bertz CT molecular complexity index is 663. The average molecular weight is 300 g/mol. The van der Waals surface area contributed by atoms with Gasteiger partial charge in [0.05, 0.1) is 18.8 Å². The molecule has 5 nitrogen and oxygen atoms in total. The Labute approximate surface area is 131 Å². The second-order valence-electron chi connectivity index (χ2n) is 6.03. The lowest BCUT2D eigenvalue weighted by Crippen LogP contribution is -2.14. The first kappa shape index (κ1) is 15.0. The van der Waals surface area contributed by atoms with Gasteiger partial charge in [-0.25, -0.2) is 4.68 Å². The summed E-state index contributed by atoms with van der Waals surface area (Å²) in [5.41, 5.74) is 6.11. The molecule has 1 aliphatic carbocycles. The highest BCUT2D eigenvalue weighted by Gasteiger charge is 2.15. The average Bonchev–Trinajstić information content (AvgIpc) is 2.85. The molecule has 0 amide bonds. The van der Waals surface area contributed by atoms with Crippen LogP contribution in [-0.2, 0) is 25.9 Å². The maximum atomic E-state index is 9.14. The molecule has 0 atom stereocenters. The Balaban J connectivity index is 1.81. The van der Waals surface area contributed by atoms with Crippen LogP contribution in [0.25, 0.3) is 0 Å². The van der Waals surface area contributed by atoms with Crippen molar-refractivity contribution in [1.29, 1.82) is 0 Å². The highest BCUT2D eigenvalue weighted by molar-refractivity contribution is 5.41. The molecule has 2 aromatic rings. The molecule has 2 heterocycles. The Morgan fingerprint density at radius 3 is 2.82 bits per heavy atom. The zero-order valence-electron chi connectivity index (χ0n) is 13.4.